The second-order valence-corrected chi connectivity index (χ2v) is 4.48. The van der Waals surface area contributed by atoms with Gasteiger partial charge in [-0.1, -0.05) is 12.1 Å². The highest BCUT2D eigenvalue weighted by molar-refractivity contribution is 5.36. The number of rotatable bonds is 5. The molecule has 0 fully saturated rings. The Hall–Kier alpha value is -2.10. The van der Waals surface area contributed by atoms with Crippen LogP contribution in [0.5, 0.6) is 5.75 Å². The van der Waals surface area contributed by atoms with Crippen LogP contribution >= 0.6 is 0 Å². The van der Waals surface area contributed by atoms with Gasteiger partial charge in [0, 0.05) is 6.54 Å². The third-order valence-electron chi connectivity index (χ3n) is 2.78. The molecule has 2 rings (SSSR count). The van der Waals surface area contributed by atoms with E-state index in [0.717, 1.165) is 29.4 Å². The molecule has 4 nitrogen and oxygen atoms in total. The molecule has 0 spiro atoms. The van der Waals surface area contributed by atoms with Crippen LogP contribution in [0, 0.1) is 13.8 Å². The lowest BCUT2D eigenvalue weighted by atomic mass is 10.1. The van der Waals surface area contributed by atoms with Crippen molar-refractivity contribution >= 4 is 5.82 Å². The molecule has 1 N–H and O–H groups in total. The van der Waals surface area contributed by atoms with Gasteiger partial charge in [-0.2, -0.15) is 0 Å². The van der Waals surface area contributed by atoms with Gasteiger partial charge < -0.3 is 10.1 Å². The molecular formula is C15H19N3O. The number of benzene rings is 1. The summed E-state index contributed by atoms with van der Waals surface area (Å²) in [5.41, 5.74) is 3.14. The highest BCUT2D eigenvalue weighted by Crippen LogP contribution is 2.20. The maximum atomic E-state index is 5.78. The lowest BCUT2D eigenvalue weighted by Gasteiger charge is -2.09. The van der Waals surface area contributed by atoms with Crippen molar-refractivity contribution in [1.82, 2.24) is 9.97 Å². The molecule has 0 atom stereocenters. The molecule has 0 unspecified atom stereocenters. The van der Waals surface area contributed by atoms with E-state index < -0.39 is 0 Å². The number of nitrogens with zero attached hydrogens (tertiary/aromatic N) is 2. The first-order valence-electron chi connectivity index (χ1n) is 6.44. The maximum absolute atomic E-state index is 5.78. The van der Waals surface area contributed by atoms with Crippen LogP contribution < -0.4 is 10.1 Å². The van der Waals surface area contributed by atoms with Crippen LogP contribution in [0.1, 0.15) is 23.7 Å². The fraction of sp³-hybridized carbons (Fsp3) is 0.333. The lowest BCUT2D eigenvalue weighted by molar-refractivity contribution is 0.298. The molecule has 2 aromatic rings. The Labute approximate surface area is 113 Å². The SMILES string of the molecule is CCNc1cnc(COc2cc(C)ccc2C)cn1. The summed E-state index contributed by atoms with van der Waals surface area (Å²) in [6.45, 7) is 7.39. The minimum absolute atomic E-state index is 0.434. The summed E-state index contributed by atoms with van der Waals surface area (Å²) in [5.74, 6) is 1.69. The smallest absolute Gasteiger partial charge is 0.144 e. The first-order chi connectivity index (χ1) is 9.19. The molecule has 100 valence electrons. The molecule has 1 aromatic heterocycles. The summed E-state index contributed by atoms with van der Waals surface area (Å²) in [6.07, 6.45) is 3.47. The van der Waals surface area contributed by atoms with Gasteiger partial charge in [-0.3, -0.25) is 4.98 Å². The summed E-state index contributed by atoms with van der Waals surface area (Å²) < 4.78 is 5.78. The van der Waals surface area contributed by atoms with E-state index >= 15 is 0 Å². The Morgan fingerprint density at radius 1 is 1.16 bits per heavy atom. The molecule has 0 bridgehead atoms. The van der Waals surface area contributed by atoms with Gasteiger partial charge in [0.1, 0.15) is 18.2 Å². The van der Waals surface area contributed by atoms with Crippen LogP contribution in [0.2, 0.25) is 0 Å². The fourth-order valence-corrected chi connectivity index (χ4v) is 1.72. The highest BCUT2D eigenvalue weighted by Gasteiger charge is 2.02. The predicted molar refractivity (Wildman–Crippen MR) is 76.4 cm³/mol. The maximum Gasteiger partial charge on any atom is 0.144 e. The van der Waals surface area contributed by atoms with Gasteiger partial charge in [0.05, 0.1) is 18.1 Å². The van der Waals surface area contributed by atoms with Crippen LogP contribution in [0.25, 0.3) is 0 Å². The van der Waals surface area contributed by atoms with Gasteiger partial charge in [-0.15, -0.1) is 0 Å². The molecule has 0 amide bonds. The summed E-state index contributed by atoms with van der Waals surface area (Å²) in [4.78, 5) is 8.58. The van der Waals surface area contributed by atoms with E-state index in [9.17, 15) is 0 Å². The molecule has 1 heterocycles. The number of hydrogen-bond donors (Lipinski definition) is 1. The Morgan fingerprint density at radius 3 is 2.68 bits per heavy atom. The summed E-state index contributed by atoms with van der Waals surface area (Å²) in [7, 11) is 0. The largest absolute Gasteiger partial charge is 0.487 e. The van der Waals surface area contributed by atoms with Crippen LogP contribution in [-0.2, 0) is 6.61 Å². The van der Waals surface area contributed by atoms with Crippen molar-refractivity contribution < 1.29 is 4.74 Å². The second kappa shape index (κ2) is 6.18. The quantitative estimate of drug-likeness (QED) is 0.894. The van der Waals surface area contributed by atoms with Gasteiger partial charge in [-0.25, -0.2) is 4.98 Å². The highest BCUT2D eigenvalue weighted by atomic mass is 16.5. The lowest BCUT2D eigenvalue weighted by Crippen LogP contribution is -2.03. The van der Waals surface area contributed by atoms with Crippen LogP contribution in [0.4, 0.5) is 5.82 Å². The average molecular weight is 257 g/mol. The Kier molecular flexibility index (Phi) is 4.34. The molecule has 0 aliphatic heterocycles. The van der Waals surface area contributed by atoms with E-state index in [2.05, 4.69) is 34.3 Å². The molecule has 4 heteroatoms. The van der Waals surface area contributed by atoms with Gasteiger partial charge >= 0.3 is 0 Å². The number of aromatic nitrogens is 2. The van der Waals surface area contributed by atoms with Gasteiger partial charge in [0.25, 0.3) is 0 Å². The van der Waals surface area contributed by atoms with Crippen molar-refractivity contribution in [3.05, 3.63) is 47.4 Å². The number of anilines is 1. The topological polar surface area (TPSA) is 47.0 Å². The predicted octanol–water partition coefficient (Wildman–Crippen LogP) is 3.10. The molecule has 0 saturated carbocycles. The van der Waals surface area contributed by atoms with Crippen molar-refractivity contribution in [2.75, 3.05) is 11.9 Å². The molecule has 0 aliphatic carbocycles. The third kappa shape index (κ3) is 3.68. The standard InChI is InChI=1S/C15H19N3O/c1-4-16-15-9-17-13(8-18-15)10-19-14-7-11(2)5-6-12(14)3/h5-9H,4,10H2,1-3H3,(H,16,18). The van der Waals surface area contributed by atoms with Crippen molar-refractivity contribution in [2.45, 2.75) is 27.4 Å². The zero-order valence-electron chi connectivity index (χ0n) is 11.6. The molecule has 0 aliphatic rings. The molecular weight excluding hydrogens is 238 g/mol. The Balaban J connectivity index is 2.00. The first kappa shape index (κ1) is 13.3. The van der Waals surface area contributed by atoms with Crippen LogP contribution in [-0.4, -0.2) is 16.5 Å². The van der Waals surface area contributed by atoms with E-state index in [1.165, 1.54) is 5.56 Å². The Bertz CT molecular complexity index is 538. The number of ether oxygens (including phenoxy) is 1. The van der Waals surface area contributed by atoms with E-state index in [0.29, 0.717) is 6.61 Å². The van der Waals surface area contributed by atoms with Crippen molar-refractivity contribution in [3.63, 3.8) is 0 Å². The van der Waals surface area contributed by atoms with Crippen LogP contribution in [0.15, 0.2) is 30.6 Å². The van der Waals surface area contributed by atoms with Gasteiger partial charge in [0.2, 0.25) is 0 Å². The minimum Gasteiger partial charge on any atom is -0.487 e. The first-order valence-corrected chi connectivity index (χ1v) is 6.44. The average Bonchev–Trinajstić information content (AvgIpc) is 2.42. The molecule has 0 saturated heterocycles. The molecule has 0 radical (unpaired) electrons. The van der Waals surface area contributed by atoms with E-state index in [-0.39, 0.29) is 0 Å². The van der Waals surface area contributed by atoms with Crippen LogP contribution in [0.3, 0.4) is 0 Å². The zero-order valence-corrected chi connectivity index (χ0v) is 11.6. The number of hydrogen-bond acceptors (Lipinski definition) is 4. The summed E-state index contributed by atoms with van der Waals surface area (Å²) >= 11 is 0. The number of nitrogens with one attached hydrogen (secondary N) is 1. The van der Waals surface area contributed by atoms with Crippen molar-refractivity contribution in [3.8, 4) is 5.75 Å². The minimum atomic E-state index is 0.434. The van der Waals surface area contributed by atoms with E-state index in [1.54, 1.807) is 12.4 Å². The molecule has 1 aromatic carbocycles. The summed E-state index contributed by atoms with van der Waals surface area (Å²) in [5, 5.41) is 3.11. The fourth-order valence-electron chi connectivity index (χ4n) is 1.72. The third-order valence-corrected chi connectivity index (χ3v) is 2.78. The normalized spacial score (nSPS) is 10.3. The van der Waals surface area contributed by atoms with Gasteiger partial charge in [-0.05, 0) is 38.0 Å². The zero-order chi connectivity index (χ0) is 13.7. The summed E-state index contributed by atoms with van der Waals surface area (Å²) in [6, 6.07) is 6.17. The second-order valence-electron chi connectivity index (χ2n) is 4.48. The van der Waals surface area contributed by atoms with Gasteiger partial charge in [0.15, 0.2) is 0 Å². The molecule has 19 heavy (non-hydrogen) atoms. The Morgan fingerprint density at radius 2 is 2.00 bits per heavy atom. The monoisotopic (exact) mass is 257 g/mol. The van der Waals surface area contributed by atoms with E-state index in [4.69, 9.17) is 4.74 Å². The number of aryl methyl sites for hydroxylation is 2. The van der Waals surface area contributed by atoms with Crippen molar-refractivity contribution in [1.29, 1.82) is 0 Å². The van der Waals surface area contributed by atoms with Crippen molar-refractivity contribution in [2.24, 2.45) is 0 Å². The van der Waals surface area contributed by atoms with E-state index in [1.807, 2.05) is 19.9 Å².